The lowest BCUT2D eigenvalue weighted by Crippen LogP contribution is -2.14. The summed E-state index contributed by atoms with van der Waals surface area (Å²) in [6.07, 6.45) is 3.65. The highest BCUT2D eigenvalue weighted by atomic mass is 16.6. The molecule has 1 heterocycles. The number of nitrogens with zero attached hydrogens (tertiary/aromatic N) is 2. The Morgan fingerprint density at radius 3 is 2.74 bits per heavy atom. The van der Waals surface area contributed by atoms with Crippen molar-refractivity contribution >= 4 is 5.97 Å². The van der Waals surface area contributed by atoms with Crippen LogP contribution >= 0.6 is 0 Å². The molecule has 0 unspecified atom stereocenters. The van der Waals surface area contributed by atoms with Gasteiger partial charge in [-0.2, -0.15) is 5.10 Å². The standard InChI is InChI=1S/C14H16N2O3/c1-2-18-14(17)11-19-13-6-4-12(5-7-13)10-16-9-3-8-15-16/h3-9H,2,10-11H2,1H3. The molecule has 1 aromatic carbocycles. The van der Waals surface area contributed by atoms with Crippen LogP contribution in [0.25, 0.3) is 0 Å². The first-order chi connectivity index (χ1) is 9.28. The average Bonchev–Trinajstić information content (AvgIpc) is 2.91. The number of esters is 1. The zero-order chi connectivity index (χ0) is 13.5. The number of ether oxygens (including phenoxy) is 2. The van der Waals surface area contributed by atoms with Crippen LogP contribution in [-0.4, -0.2) is 29.0 Å². The molecule has 2 rings (SSSR count). The summed E-state index contributed by atoms with van der Waals surface area (Å²) in [5, 5.41) is 4.14. The second-order valence-corrected chi connectivity index (χ2v) is 3.94. The van der Waals surface area contributed by atoms with Crippen molar-refractivity contribution < 1.29 is 14.3 Å². The van der Waals surface area contributed by atoms with Crippen LogP contribution in [-0.2, 0) is 16.1 Å². The van der Waals surface area contributed by atoms with Gasteiger partial charge in [-0.3, -0.25) is 4.68 Å². The van der Waals surface area contributed by atoms with Crippen LogP contribution in [0.2, 0.25) is 0 Å². The van der Waals surface area contributed by atoms with Gasteiger partial charge in [0.2, 0.25) is 0 Å². The third-order valence-electron chi connectivity index (χ3n) is 2.49. The maximum Gasteiger partial charge on any atom is 0.344 e. The van der Waals surface area contributed by atoms with Crippen LogP contribution in [0, 0.1) is 0 Å². The van der Waals surface area contributed by atoms with Gasteiger partial charge >= 0.3 is 5.97 Å². The van der Waals surface area contributed by atoms with Gasteiger partial charge < -0.3 is 9.47 Å². The molecule has 5 heteroatoms. The normalized spacial score (nSPS) is 10.2. The number of benzene rings is 1. The molecule has 0 aliphatic heterocycles. The summed E-state index contributed by atoms with van der Waals surface area (Å²) in [7, 11) is 0. The van der Waals surface area contributed by atoms with E-state index in [0.29, 0.717) is 18.9 Å². The minimum atomic E-state index is -0.358. The lowest BCUT2D eigenvalue weighted by Gasteiger charge is -2.07. The van der Waals surface area contributed by atoms with Gasteiger partial charge in [-0.25, -0.2) is 4.79 Å². The van der Waals surface area contributed by atoms with E-state index in [1.807, 2.05) is 41.2 Å². The van der Waals surface area contributed by atoms with Gasteiger partial charge in [-0.1, -0.05) is 12.1 Å². The topological polar surface area (TPSA) is 53.4 Å². The van der Waals surface area contributed by atoms with E-state index in [2.05, 4.69) is 5.10 Å². The maximum atomic E-state index is 11.1. The first kappa shape index (κ1) is 13.1. The molecule has 0 radical (unpaired) electrons. The highest BCUT2D eigenvalue weighted by molar-refractivity contribution is 5.71. The summed E-state index contributed by atoms with van der Waals surface area (Å²) >= 11 is 0. The molecule has 100 valence electrons. The quantitative estimate of drug-likeness (QED) is 0.744. The molecule has 1 aromatic heterocycles. The fourth-order valence-corrected chi connectivity index (χ4v) is 1.62. The fourth-order valence-electron chi connectivity index (χ4n) is 1.62. The molecule has 19 heavy (non-hydrogen) atoms. The molecule has 0 amide bonds. The zero-order valence-corrected chi connectivity index (χ0v) is 10.8. The summed E-state index contributed by atoms with van der Waals surface area (Å²) in [5.41, 5.74) is 1.12. The number of carbonyl (C=O) groups excluding carboxylic acids is 1. The Hall–Kier alpha value is -2.30. The van der Waals surface area contributed by atoms with Gasteiger partial charge in [0.25, 0.3) is 0 Å². The van der Waals surface area contributed by atoms with E-state index in [0.717, 1.165) is 5.56 Å². The first-order valence-corrected chi connectivity index (χ1v) is 6.12. The van der Waals surface area contributed by atoms with Crippen molar-refractivity contribution in [2.45, 2.75) is 13.5 Å². The van der Waals surface area contributed by atoms with Crippen LogP contribution in [0.4, 0.5) is 0 Å². The highest BCUT2D eigenvalue weighted by Gasteiger charge is 2.03. The predicted octanol–water partition coefficient (Wildman–Crippen LogP) is 1.87. The van der Waals surface area contributed by atoms with Crippen molar-refractivity contribution in [2.75, 3.05) is 13.2 Å². The Morgan fingerprint density at radius 2 is 2.11 bits per heavy atom. The lowest BCUT2D eigenvalue weighted by molar-refractivity contribution is -0.145. The van der Waals surface area contributed by atoms with Crippen molar-refractivity contribution in [3.05, 3.63) is 48.3 Å². The molecule has 2 aromatic rings. The molecule has 0 atom stereocenters. The Morgan fingerprint density at radius 1 is 1.32 bits per heavy atom. The maximum absolute atomic E-state index is 11.1. The molecule has 0 fully saturated rings. The molecule has 0 saturated carbocycles. The van der Waals surface area contributed by atoms with Crippen molar-refractivity contribution in [3.8, 4) is 5.75 Å². The third kappa shape index (κ3) is 4.13. The van der Waals surface area contributed by atoms with E-state index in [-0.39, 0.29) is 12.6 Å². The second-order valence-electron chi connectivity index (χ2n) is 3.94. The molecule has 0 spiro atoms. The Labute approximate surface area is 111 Å². The van der Waals surface area contributed by atoms with Gasteiger partial charge in [0, 0.05) is 12.4 Å². The van der Waals surface area contributed by atoms with Crippen LogP contribution < -0.4 is 4.74 Å². The summed E-state index contributed by atoms with van der Waals surface area (Å²) in [5.74, 6) is 0.292. The SMILES string of the molecule is CCOC(=O)COc1ccc(Cn2cccn2)cc1. The predicted molar refractivity (Wildman–Crippen MR) is 69.9 cm³/mol. The largest absolute Gasteiger partial charge is 0.482 e. The van der Waals surface area contributed by atoms with Crippen molar-refractivity contribution in [3.63, 3.8) is 0 Å². The number of hydrogen-bond donors (Lipinski definition) is 0. The molecule has 0 saturated heterocycles. The van der Waals surface area contributed by atoms with Gasteiger partial charge in [0.15, 0.2) is 6.61 Å². The summed E-state index contributed by atoms with van der Waals surface area (Å²) in [6.45, 7) is 2.78. The van der Waals surface area contributed by atoms with Gasteiger partial charge in [-0.05, 0) is 30.7 Å². The molecular formula is C14H16N2O3. The lowest BCUT2D eigenvalue weighted by atomic mass is 10.2. The molecule has 5 nitrogen and oxygen atoms in total. The number of carbonyl (C=O) groups is 1. The van der Waals surface area contributed by atoms with E-state index >= 15 is 0 Å². The molecular weight excluding hydrogens is 244 g/mol. The van der Waals surface area contributed by atoms with Crippen molar-refractivity contribution in [1.82, 2.24) is 9.78 Å². The minimum Gasteiger partial charge on any atom is -0.482 e. The summed E-state index contributed by atoms with van der Waals surface area (Å²) in [6, 6.07) is 9.44. The van der Waals surface area contributed by atoms with Gasteiger partial charge in [0.1, 0.15) is 5.75 Å². The second kappa shape index (κ2) is 6.58. The Balaban J connectivity index is 1.86. The molecule has 0 aliphatic rings. The van der Waals surface area contributed by atoms with Crippen LogP contribution in [0.1, 0.15) is 12.5 Å². The van der Waals surface area contributed by atoms with E-state index in [4.69, 9.17) is 9.47 Å². The van der Waals surface area contributed by atoms with E-state index in [1.54, 1.807) is 13.1 Å². The van der Waals surface area contributed by atoms with Gasteiger partial charge in [-0.15, -0.1) is 0 Å². The van der Waals surface area contributed by atoms with E-state index in [9.17, 15) is 4.79 Å². The van der Waals surface area contributed by atoms with Crippen LogP contribution in [0.15, 0.2) is 42.7 Å². The number of hydrogen-bond acceptors (Lipinski definition) is 4. The van der Waals surface area contributed by atoms with Crippen molar-refractivity contribution in [2.24, 2.45) is 0 Å². The van der Waals surface area contributed by atoms with Crippen LogP contribution in [0.5, 0.6) is 5.75 Å². The van der Waals surface area contributed by atoms with Gasteiger partial charge in [0.05, 0.1) is 13.2 Å². The third-order valence-corrected chi connectivity index (χ3v) is 2.49. The molecule has 0 bridgehead atoms. The van der Waals surface area contributed by atoms with E-state index in [1.165, 1.54) is 0 Å². The smallest absolute Gasteiger partial charge is 0.344 e. The monoisotopic (exact) mass is 260 g/mol. The Bertz CT molecular complexity index is 506. The van der Waals surface area contributed by atoms with Crippen LogP contribution in [0.3, 0.4) is 0 Å². The molecule has 0 aliphatic carbocycles. The zero-order valence-electron chi connectivity index (χ0n) is 10.8. The number of rotatable bonds is 6. The van der Waals surface area contributed by atoms with Crippen molar-refractivity contribution in [1.29, 1.82) is 0 Å². The summed E-state index contributed by atoms with van der Waals surface area (Å²) in [4.78, 5) is 11.1. The van der Waals surface area contributed by atoms with E-state index < -0.39 is 0 Å². The highest BCUT2D eigenvalue weighted by Crippen LogP contribution is 2.12. The minimum absolute atomic E-state index is 0.0632. The average molecular weight is 260 g/mol. The number of aromatic nitrogens is 2. The summed E-state index contributed by atoms with van der Waals surface area (Å²) < 4.78 is 11.9. The fraction of sp³-hybridized carbons (Fsp3) is 0.286. The molecule has 0 N–H and O–H groups in total. The first-order valence-electron chi connectivity index (χ1n) is 6.12. The Kier molecular flexibility index (Phi) is 4.55.